The molecule has 0 aliphatic rings. The second-order valence-corrected chi connectivity index (χ2v) is 4.05. The van der Waals surface area contributed by atoms with Gasteiger partial charge < -0.3 is 15.2 Å². The third kappa shape index (κ3) is 5.85. The number of nitrogens with zero attached hydrogens (tertiary/aromatic N) is 1. The van der Waals surface area contributed by atoms with E-state index >= 15 is 0 Å². The summed E-state index contributed by atoms with van der Waals surface area (Å²) in [5.74, 6) is -1.60. The Hall–Kier alpha value is -2.11. The van der Waals surface area contributed by atoms with Gasteiger partial charge >= 0.3 is 11.9 Å². The average Bonchev–Trinajstić information content (AvgIpc) is 2.39. The number of hydrogen-bond acceptors (Lipinski definition) is 5. The quantitative estimate of drug-likeness (QED) is 0.549. The number of carbonyl (C=O) groups excluding carboxylic acids is 1. The van der Waals surface area contributed by atoms with Gasteiger partial charge in [-0.15, -0.1) is 0 Å². The van der Waals surface area contributed by atoms with E-state index in [1.165, 1.54) is 0 Å². The first kappa shape index (κ1) is 14.9. The molecular formula is C13H18N2O4. The van der Waals surface area contributed by atoms with E-state index < -0.39 is 18.0 Å². The van der Waals surface area contributed by atoms with Gasteiger partial charge in [-0.2, -0.15) is 0 Å². The first-order chi connectivity index (χ1) is 9.13. The van der Waals surface area contributed by atoms with Gasteiger partial charge in [-0.25, -0.2) is 4.79 Å². The summed E-state index contributed by atoms with van der Waals surface area (Å²) >= 11 is 0. The summed E-state index contributed by atoms with van der Waals surface area (Å²) in [6.45, 7) is 2.32. The van der Waals surface area contributed by atoms with Crippen molar-refractivity contribution >= 4 is 17.6 Å². The molecule has 0 aliphatic carbocycles. The van der Waals surface area contributed by atoms with E-state index in [0.717, 1.165) is 12.8 Å². The number of anilines is 1. The van der Waals surface area contributed by atoms with E-state index in [-0.39, 0.29) is 6.42 Å². The zero-order valence-electron chi connectivity index (χ0n) is 10.8. The first-order valence-corrected chi connectivity index (χ1v) is 6.18. The molecule has 6 nitrogen and oxygen atoms in total. The van der Waals surface area contributed by atoms with Crippen LogP contribution in [0.2, 0.25) is 0 Å². The van der Waals surface area contributed by atoms with Crippen LogP contribution >= 0.6 is 0 Å². The number of nitrogens with one attached hydrogen (secondary N) is 1. The number of carboxylic acid groups (broad SMARTS) is 1. The molecule has 0 radical (unpaired) electrons. The molecule has 6 heteroatoms. The van der Waals surface area contributed by atoms with Crippen LogP contribution in [-0.4, -0.2) is 34.7 Å². The molecule has 2 N–H and O–H groups in total. The van der Waals surface area contributed by atoms with E-state index in [1.54, 1.807) is 24.5 Å². The number of carbonyl (C=O) groups is 2. The van der Waals surface area contributed by atoms with Gasteiger partial charge in [0.05, 0.1) is 13.0 Å². The van der Waals surface area contributed by atoms with Gasteiger partial charge in [-0.1, -0.05) is 13.3 Å². The third-order valence-electron chi connectivity index (χ3n) is 2.45. The summed E-state index contributed by atoms with van der Waals surface area (Å²) in [6.07, 6.45) is 4.58. The van der Waals surface area contributed by atoms with Crippen molar-refractivity contribution in [3.63, 3.8) is 0 Å². The predicted molar refractivity (Wildman–Crippen MR) is 69.8 cm³/mol. The minimum atomic E-state index is -1.09. The van der Waals surface area contributed by atoms with Crippen molar-refractivity contribution in [1.82, 2.24) is 4.98 Å². The molecule has 1 heterocycles. The zero-order chi connectivity index (χ0) is 14.1. The molecular weight excluding hydrogens is 248 g/mol. The Morgan fingerprint density at radius 1 is 1.42 bits per heavy atom. The molecule has 1 aromatic rings. The lowest BCUT2D eigenvalue weighted by Crippen LogP contribution is -2.32. The number of pyridine rings is 1. The Labute approximate surface area is 111 Å². The maximum absolute atomic E-state index is 11.5. The van der Waals surface area contributed by atoms with Crippen molar-refractivity contribution in [1.29, 1.82) is 0 Å². The molecule has 0 aromatic carbocycles. The van der Waals surface area contributed by atoms with Crippen molar-refractivity contribution in [2.45, 2.75) is 32.2 Å². The highest BCUT2D eigenvalue weighted by Crippen LogP contribution is 2.09. The Balaban J connectivity index is 2.49. The standard InChI is InChI=1S/C13H18N2O4/c1-2-3-8-19-12(16)9-11(13(17)18)15-10-4-6-14-7-5-10/h4-7,11H,2-3,8-9H2,1H3,(H,14,15)(H,17,18)/t11-/m1/s1. The number of hydrogen-bond donors (Lipinski definition) is 2. The van der Waals surface area contributed by atoms with Crippen molar-refractivity contribution in [3.8, 4) is 0 Å². The molecule has 1 aromatic heterocycles. The fourth-order valence-corrected chi connectivity index (χ4v) is 1.41. The maximum atomic E-state index is 11.5. The highest BCUT2D eigenvalue weighted by atomic mass is 16.5. The van der Waals surface area contributed by atoms with E-state index in [9.17, 15) is 9.59 Å². The minimum absolute atomic E-state index is 0.207. The van der Waals surface area contributed by atoms with Crippen LogP contribution in [0.1, 0.15) is 26.2 Å². The molecule has 0 bridgehead atoms. The summed E-state index contributed by atoms with van der Waals surface area (Å²) in [6, 6.07) is 2.27. The van der Waals surface area contributed by atoms with Crippen LogP contribution in [-0.2, 0) is 14.3 Å². The van der Waals surface area contributed by atoms with Crippen molar-refractivity contribution < 1.29 is 19.4 Å². The SMILES string of the molecule is CCCCOC(=O)C[C@@H](Nc1ccncc1)C(=O)O. The second kappa shape index (κ2) is 8.07. The predicted octanol–water partition coefficient (Wildman–Crippen LogP) is 1.68. The first-order valence-electron chi connectivity index (χ1n) is 6.18. The lowest BCUT2D eigenvalue weighted by molar-refractivity contribution is -0.148. The number of aliphatic carboxylic acids is 1. The van der Waals surface area contributed by atoms with Gasteiger partial charge in [0, 0.05) is 18.1 Å². The third-order valence-corrected chi connectivity index (χ3v) is 2.45. The minimum Gasteiger partial charge on any atom is -0.480 e. The molecule has 19 heavy (non-hydrogen) atoms. The van der Waals surface area contributed by atoms with Crippen molar-refractivity contribution in [2.24, 2.45) is 0 Å². The van der Waals surface area contributed by atoms with Crippen LogP contribution in [0.5, 0.6) is 0 Å². The fraction of sp³-hybridized carbons (Fsp3) is 0.462. The van der Waals surface area contributed by atoms with Gasteiger partial charge in [0.2, 0.25) is 0 Å². The summed E-state index contributed by atoms with van der Waals surface area (Å²) < 4.78 is 4.95. The molecule has 104 valence electrons. The Morgan fingerprint density at radius 3 is 2.68 bits per heavy atom. The maximum Gasteiger partial charge on any atom is 0.326 e. The highest BCUT2D eigenvalue weighted by molar-refractivity contribution is 5.84. The largest absolute Gasteiger partial charge is 0.480 e. The lowest BCUT2D eigenvalue weighted by atomic mass is 10.2. The average molecular weight is 266 g/mol. The monoisotopic (exact) mass is 266 g/mol. The van der Waals surface area contributed by atoms with Crippen LogP contribution < -0.4 is 5.32 Å². The Morgan fingerprint density at radius 2 is 2.11 bits per heavy atom. The molecule has 1 rings (SSSR count). The summed E-state index contributed by atoms with van der Waals surface area (Å²) in [7, 11) is 0. The van der Waals surface area contributed by atoms with Crippen LogP contribution in [0, 0.1) is 0 Å². The number of carboxylic acids is 1. The molecule has 0 aliphatic heterocycles. The van der Waals surface area contributed by atoms with E-state index in [1.807, 2.05) is 6.92 Å². The molecule has 0 saturated heterocycles. The molecule has 0 spiro atoms. The Bertz CT molecular complexity index is 408. The molecule has 0 unspecified atom stereocenters. The lowest BCUT2D eigenvalue weighted by Gasteiger charge is -2.14. The van der Waals surface area contributed by atoms with Crippen LogP contribution in [0.4, 0.5) is 5.69 Å². The highest BCUT2D eigenvalue weighted by Gasteiger charge is 2.21. The van der Waals surface area contributed by atoms with Crippen LogP contribution in [0.15, 0.2) is 24.5 Å². The van der Waals surface area contributed by atoms with Gasteiger partial charge in [-0.05, 0) is 18.6 Å². The number of esters is 1. The second-order valence-electron chi connectivity index (χ2n) is 4.05. The number of aromatic nitrogens is 1. The van der Waals surface area contributed by atoms with E-state index in [0.29, 0.717) is 12.3 Å². The van der Waals surface area contributed by atoms with Gasteiger partial charge in [0.15, 0.2) is 0 Å². The molecule has 0 saturated carbocycles. The molecule has 0 fully saturated rings. The summed E-state index contributed by atoms with van der Waals surface area (Å²) in [5.41, 5.74) is 0.601. The Kier molecular flexibility index (Phi) is 6.35. The summed E-state index contributed by atoms with van der Waals surface area (Å²) in [5, 5.41) is 11.8. The van der Waals surface area contributed by atoms with Crippen molar-refractivity contribution in [2.75, 3.05) is 11.9 Å². The van der Waals surface area contributed by atoms with Crippen LogP contribution in [0.3, 0.4) is 0 Å². The zero-order valence-corrected chi connectivity index (χ0v) is 10.8. The topological polar surface area (TPSA) is 88.5 Å². The smallest absolute Gasteiger partial charge is 0.326 e. The van der Waals surface area contributed by atoms with Gasteiger partial charge in [0.1, 0.15) is 6.04 Å². The fourth-order valence-electron chi connectivity index (χ4n) is 1.41. The number of rotatable bonds is 8. The number of ether oxygens (including phenoxy) is 1. The van der Waals surface area contributed by atoms with E-state index in [4.69, 9.17) is 9.84 Å². The van der Waals surface area contributed by atoms with Crippen molar-refractivity contribution in [3.05, 3.63) is 24.5 Å². The van der Waals surface area contributed by atoms with Gasteiger partial charge in [-0.3, -0.25) is 9.78 Å². The summed E-state index contributed by atoms with van der Waals surface area (Å²) in [4.78, 5) is 26.4. The normalized spacial score (nSPS) is 11.6. The van der Waals surface area contributed by atoms with E-state index in [2.05, 4.69) is 10.3 Å². The van der Waals surface area contributed by atoms with Crippen LogP contribution in [0.25, 0.3) is 0 Å². The van der Waals surface area contributed by atoms with Gasteiger partial charge in [0.25, 0.3) is 0 Å². The number of unbranched alkanes of at least 4 members (excludes halogenated alkanes) is 1. The molecule has 0 amide bonds. The molecule has 1 atom stereocenters.